The van der Waals surface area contributed by atoms with Crippen molar-refractivity contribution in [3.05, 3.63) is 63.6 Å². The fraction of sp³-hybridized carbons (Fsp3) is 0.143. The van der Waals surface area contributed by atoms with E-state index in [4.69, 9.17) is 0 Å². The van der Waals surface area contributed by atoms with Crippen LogP contribution in [0.2, 0.25) is 0 Å². The molecule has 2 heterocycles. The van der Waals surface area contributed by atoms with Gasteiger partial charge in [-0.25, -0.2) is 4.39 Å². The Hall–Kier alpha value is -1.75. The summed E-state index contributed by atoms with van der Waals surface area (Å²) < 4.78 is 13.9. The molecule has 1 aromatic carbocycles. The maximum Gasteiger partial charge on any atom is 0.256 e. The van der Waals surface area contributed by atoms with Gasteiger partial charge in [0.1, 0.15) is 5.82 Å². The van der Waals surface area contributed by atoms with E-state index in [-0.39, 0.29) is 11.7 Å². The van der Waals surface area contributed by atoms with Crippen molar-refractivity contribution < 1.29 is 9.18 Å². The van der Waals surface area contributed by atoms with Crippen LogP contribution >= 0.6 is 15.9 Å². The molecule has 1 aromatic heterocycles. The van der Waals surface area contributed by atoms with Crippen LogP contribution in [-0.2, 0) is 13.1 Å². The van der Waals surface area contributed by atoms with Gasteiger partial charge in [-0.3, -0.25) is 9.78 Å². The van der Waals surface area contributed by atoms with Crippen molar-refractivity contribution in [2.45, 2.75) is 13.1 Å². The SMILES string of the molecule is O=C1c2cc(Br)cnc2CN1Cc1cccc(F)c1. The molecule has 0 fully saturated rings. The molecule has 0 bridgehead atoms. The Bertz CT molecular complexity index is 660. The molecule has 0 radical (unpaired) electrons. The maximum atomic E-state index is 13.1. The number of hydrogen-bond donors (Lipinski definition) is 0. The minimum atomic E-state index is -0.289. The van der Waals surface area contributed by atoms with Crippen LogP contribution in [0, 0.1) is 5.82 Å². The number of hydrogen-bond acceptors (Lipinski definition) is 2. The van der Waals surface area contributed by atoms with E-state index in [2.05, 4.69) is 20.9 Å². The van der Waals surface area contributed by atoms with Crippen molar-refractivity contribution in [1.82, 2.24) is 9.88 Å². The summed E-state index contributed by atoms with van der Waals surface area (Å²) in [5.74, 6) is -0.351. The zero-order valence-electron chi connectivity index (χ0n) is 9.94. The van der Waals surface area contributed by atoms with Crippen LogP contribution in [0.3, 0.4) is 0 Å². The Kier molecular flexibility index (Phi) is 3.06. The van der Waals surface area contributed by atoms with Gasteiger partial charge in [0.2, 0.25) is 0 Å². The standard InChI is InChI=1S/C14H10BrFN2O/c15-10-5-12-13(17-6-10)8-18(14(12)19)7-9-2-1-3-11(16)4-9/h1-6H,7-8H2. The van der Waals surface area contributed by atoms with Gasteiger partial charge in [-0.2, -0.15) is 0 Å². The number of amides is 1. The van der Waals surface area contributed by atoms with E-state index in [9.17, 15) is 9.18 Å². The summed E-state index contributed by atoms with van der Waals surface area (Å²) in [6.07, 6.45) is 1.68. The lowest BCUT2D eigenvalue weighted by Crippen LogP contribution is -2.23. The Morgan fingerprint density at radius 3 is 3.00 bits per heavy atom. The third kappa shape index (κ3) is 2.38. The molecule has 96 valence electrons. The Morgan fingerprint density at radius 1 is 1.37 bits per heavy atom. The number of carbonyl (C=O) groups is 1. The number of benzene rings is 1. The van der Waals surface area contributed by atoms with E-state index >= 15 is 0 Å². The highest BCUT2D eigenvalue weighted by Gasteiger charge is 2.28. The van der Waals surface area contributed by atoms with E-state index in [1.807, 2.05) is 6.07 Å². The first-order valence-electron chi connectivity index (χ1n) is 5.81. The number of aromatic nitrogens is 1. The van der Waals surface area contributed by atoms with Crippen LogP contribution < -0.4 is 0 Å². The van der Waals surface area contributed by atoms with Crippen molar-refractivity contribution in [2.24, 2.45) is 0 Å². The normalized spacial score (nSPS) is 13.8. The molecule has 3 rings (SSSR count). The summed E-state index contributed by atoms with van der Waals surface area (Å²) in [6, 6.07) is 8.06. The van der Waals surface area contributed by atoms with Crippen LogP contribution in [0.1, 0.15) is 21.6 Å². The predicted octanol–water partition coefficient (Wildman–Crippen LogP) is 3.14. The lowest BCUT2D eigenvalue weighted by atomic mass is 10.2. The molecule has 3 nitrogen and oxygen atoms in total. The average Bonchev–Trinajstić information content (AvgIpc) is 2.67. The monoisotopic (exact) mass is 320 g/mol. The molecule has 0 unspecified atom stereocenters. The van der Waals surface area contributed by atoms with Gasteiger partial charge in [0.15, 0.2) is 0 Å². The summed E-state index contributed by atoms with van der Waals surface area (Å²) in [4.78, 5) is 18.1. The Morgan fingerprint density at radius 2 is 2.21 bits per heavy atom. The van der Waals surface area contributed by atoms with Gasteiger partial charge < -0.3 is 4.90 Å². The second kappa shape index (κ2) is 4.74. The summed E-state index contributed by atoms with van der Waals surface area (Å²) >= 11 is 3.31. The first-order valence-corrected chi connectivity index (χ1v) is 6.61. The van der Waals surface area contributed by atoms with Gasteiger partial charge in [0.05, 0.1) is 17.8 Å². The summed E-state index contributed by atoms with van der Waals surface area (Å²) in [5.41, 5.74) is 2.16. The van der Waals surface area contributed by atoms with Crippen LogP contribution in [-0.4, -0.2) is 15.8 Å². The van der Waals surface area contributed by atoms with Crippen molar-refractivity contribution in [3.63, 3.8) is 0 Å². The molecule has 1 aliphatic heterocycles. The molecule has 0 aliphatic carbocycles. The van der Waals surface area contributed by atoms with Gasteiger partial charge >= 0.3 is 0 Å². The molecule has 0 atom stereocenters. The summed E-state index contributed by atoms with van der Waals surface area (Å²) in [7, 11) is 0. The number of nitrogens with zero attached hydrogens (tertiary/aromatic N) is 2. The summed E-state index contributed by atoms with van der Waals surface area (Å²) in [5, 5.41) is 0. The smallest absolute Gasteiger partial charge is 0.256 e. The van der Waals surface area contributed by atoms with E-state index < -0.39 is 0 Å². The second-order valence-electron chi connectivity index (χ2n) is 4.44. The summed E-state index contributed by atoms with van der Waals surface area (Å²) in [6.45, 7) is 0.864. The number of rotatable bonds is 2. The lowest BCUT2D eigenvalue weighted by Gasteiger charge is -2.15. The molecular formula is C14H10BrFN2O. The first-order chi connectivity index (χ1) is 9.13. The molecule has 1 aliphatic rings. The molecule has 0 saturated heterocycles. The minimum Gasteiger partial charge on any atom is -0.328 e. The highest BCUT2D eigenvalue weighted by molar-refractivity contribution is 9.10. The number of fused-ring (bicyclic) bond motifs is 1. The van der Waals surface area contributed by atoms with E-state index in [0.29, 0.717) is 18.7 Å². The molecule has 0 saturated carbocycles. The van der Waals surface area contributed by atoms with Gasteiger partial charge in [0, 0.05) is 17.2 Å². The Balaban J connectivity index is 1.84. The number of pyridine rings is 1. The lowest BCUT2D eigenvalue weighted by molar-refractivity contribution is 0.0766. The maximum absolute atomic E-state index is 13.1. The number of carbonyl (C=O) groups excluding carboxylic acids is 1. The molecule has 0 spiro atoms. The van der Waals surface area contributed by atoms with Crippen molar-refractivity contribution in [1.29, 1.82) is 0 Å². The van der Waals surface area contributed by atoms with Crippen LogP contribution in [0.25, 0.3) is 0 Å². The van der Waals surface area contributed by atoms with Crippen molar-refractivity contribution in [2.75, 3.05) is 0 Å². The molecule has 0 N–H and O–H groups in total. The van der Waals surface area contributed by atoms with Gasteiger partial charge in [0.25, 0.3) is 5.91 Å². The highest BCUT2D eigenvalue weighted by Crippen LogP contribution is 2.25. The second-order valence-corrected chi connectivity index (χ2v) is 5.35. The molecule has 2 aromatic rings. The largest absolute Gasteiger partial charge is 0.328 e. The van der Waals surface area contributed by atoms with Crippen LogP contribution in [0.15, 0.2) is 41.0 Å². The van der Waals surface area contributed by atoms with Gasteiger partial charge in [-0.15, -0.1) is 0 Å². The molecular weight excluding hydrogens is 311 g/mol. The van der Waals surface area contributed by atoms with Gasteiger partial charge in [-0.1, -0.05) is 12.1 Å². The van der Waals surface area contributed by atoms with Gasteiger partial charge in [-0.05, 0) is 39.7 Å². The van der Waals surface area contributed by atoms with E-state index in [1.165, 1.54) is 12.1 Å². The average molecular weight is 321 g/mol. The number of halogens is 2. The third-order valence-electron chi connectivity index (χ3n) is 3.06. The quantitative estimate of drug-likeness (QED) is 0.851. The molecule has 5 heteroatoms. The first kappa shape index (κ1) is 12.3. The van der Waals surface area contributed by atoms with E-state index in [0.717, 1.165) is 15.7 Å². The highest BCUT2D eigenvalue weighted by atomic mass is 79.9. The van der Waals surface area contributed by atoms with Crippen molar-refractivity contribution in [3.8, 4) is 0 Å². The predicted molar refractivity (Wildman–Crippen MR) is 71.9 cm³/mol. The fourth-order valence-electron chi connectivity index (χ4n) is 2.19. The minimum absolute atomic E-state index is 0.0620. The fourth-order valence-corrected chi connectivity index (χ4v) is 2.52. The molecule has 19 heavy (non-hydrogen) atoms. The Labute approximate surface area is 118 Å². The van der Waals surface area contributed by atoms with Crippen LogP contribution in [0.4, 0.5) is 4.39 Å². The zero-order valence-corrected chi connectivity index (χ0v) is 11.5. The molecule has 1 amide bonds. The topological polar surface area (TPSA) is 33.2 Å². The van der Waals surface area contributed by atoms with Crippen molar-refractivity contribution >= 4 is 21.8 Å². The van der Waals surface area contributed by atoms with Crippen LogP contribution in [0.5, 0.6) is 0 Å². The zero-order chi connectivity index (χ0) is 13.4. The van der Waals surface area contributed by atoms with E-state index in [1.54, 1.807) is 23.2 Å². The third-order valence-corrected chi connectivity index (χ3v) is 3.49.